The van der Waals surface area contributed by atoms with Gasteiger partial charge in [-0.1, -0.05) is 74.5 Å². The van der Waals surface area contributed by atoms with Gasteiger partial charge in [-0.15, -0.1) is 0 Å². The molecule has 2 nitrogen and oxygen atoms in total. The first-order valence-electron chi connectivity index (χ1n) is 9.17. The molecule has 3 rings (SSSR count). The maximum absolute atomic E-state index is 6.68. The second-order valence-electron chi connectivity index (χ2n) is 7.93. The molecule has 1 aliphatic carbocycles. The van der Waals surface area contributed by atoms with Crippen molar-refractivity contribution in [3.63, 3.8) is 0 Å². The molecule has 0 saturated heterocycles. The lowest BCUT2D eigenvalue weighted by Crippen LogP contribution is -2.41. The zero-order chi connectivity index (χ0) is 17.0. The molecule has 0 heterocycles. The van der Waals surface area contributed by atoms with Crippen LogP contribution in [0.1, 0.15) is 62.7 Å². The molecular weight excluding hydrogens is 292 g/mol. The van der Waals surface area contributed by atoms with Crippen molar-refractivity contribution in [2.24, 2.45) is 11.1 Å². The van der Waals surface area contributed by atoms with Crippen LogP contribution in [-0.4, -0.2) is 6.04 Å². The number of rotatable bonds is 5. The van der Waals surface area contributed by atoms with Crippen molar-refractivity contribution >= 4 is 0 Å². The van der Waals surface area contributed by atoms with Crippen LogP contribution in [0.5, 0.6) is 0 Å². The summed E-state index contributed by atoms with van der Waals surface area (Å²) in [6, 6.07) is 21.8. The van der Waals surface area contributed by atoms with E-state index in [2.05, 4.69) is 73.8 Å². The molecule has 128 valence electrons. The number of hydrogen-bond acceptors (Lipinski definition) is 2. The lowest BCUT2D eigenvalue weighted by Gasteiger charge is -2.38. The van der Waals surface area contributed by atoms with Crippen LogP contribution in [0.2, 0.25) is 0 Å². The molecule has 0 aliphatic heterocycles. The third-order valence-corrected chi connectivity index (χ3v) is 5.46. The van der Waals surface area contributed by atoms with Gasteiger partial charge in [-0.25, -0.2) is 0 Å². The molecule has 24 heavy (non-hydrogen) atoms. The average molecular weight is 322 g/mol. The first-order chi connectivity index (χ1) is 11.6. The Morgan fingerprint density at radius 2 is 1.38 bits per heavy atom. The Kier molecular flexibility index (Phi) is 5.37. The normalized spacial score (nSPS) is 20.5. The monoisotopic (exact) mass is 322 g/mol. The molecule has 0 amide bonds. The van der Waals surface area contributed by atoms with E-state index in [1.807, 2.05) is 6.07 Å². The van der Waals surface area contributed by atoms with E-state index in [1.165, 1.54) is 36.8 Å². The van der Waals surface area contributed by atoms with Gasteiger partial charge in [-0.3, -0.25) is 0 Å². The van der Waals surface area contributed by atoms with Crippen LogP contribution in [-0.2, 0) is 0 Å². The third kappa shape index (κ3) is 4.25. The summed E-state index contributed by atoms with van der Waals surface area (Å²) >= 11 is 0. The molecule has 0 radical (unpaired) electrons. The van der Waals surface area contributed by atoms with Gasteiger partial charge in [0, 0.05) is 12.1 Å². The highest BCUT2D eigenvalue weighted by molar-refractivity contribution is 5.27. The largest absolute Gasteiger partial charge is 0.322 e. The quantitative estimate of drug-likeness (QED) is 0.814. The van der Waals surface area contributed by atoms with Crippen LogP contribution in [0.4, 0.5) is 0 Å². The Morgan fingerprint density at radius 1 is 0.875 bits per heavy atom. The fraction of sp³-hybridized carbons (Fsp3) is 0.455. The highest BCUT2D eigenvalue weighted by Crippen LogP contribution is 2.37. The molecule has 1 fully saturated rings. The average Bonchev–Trinajstić information content (AvgIpc) is 2.62. The molecule has 0 spiro atoms. The summed E-state index contributed by atoms with van der Waals surface area (Å²) < 4.78 is 0. The standard InChI is InChI=1S/C22H30N2/c1-22(2)15-13-19(14-16-22)24-21(18-11-7-4-8-12-18)20(23)17-9-5-3-6-10-17/h3-12,19-21,24H,13-16,23H2,1-2H3/t20-,21-/m1/s1. The molecule has 0 unspecified atom stereocenters. The van der Waals surface area contributed by atoms with Gasteiger partial charge in [0.05, 0.1) is 6.04 Å². The Hall–Kier alpha value is -1.64. The fourth-order valence-electron chi connectivity index (χ4n) is 3.76. The highest BCUT2D eigenvalue weighted by Gasteiger charge is 2.30. The fourth-order valence-corrected chi connectivity index (χ4v) is 3.76. The molecule has 2 aromatic rings. The number of nitrogens with two attached hydrogens (primary N) is 1. The minimum atomic E-state index is -0.0384. The molecule has 3 N–H and O–H groups in total. The van der Waals surface area contributed by atoms with E-state index in [9.17, 15) is 0 Å². The van der Waals surface area contributed by atoms with Crippen LogP contribution in [0, 0.1) is 5.41 Å². The zero-order valence-corrected chi connectivity index (χ0v) is 14.9. The van der Waals surface area contributed by atoms with E-state index in [4.69, 9.17) is 5.73 Å². The summed E-state index contributed by atoms with van der Waals surface area (Å²) in [7, 11) is 0. The van der Waals surface area contributed by atoms with E-state index >= 15 is 0 Å². The van der Waals surface area contributed by atoms with E-state index in [0.29, 0.717) is 11.5 Å². The van der Waals surface area contributed by atoms with Crippen LogP contribution in [0.25, 0.3) is 0 Å². The van der Waals surface area contributed by atoms with Crippen molar-refractivity contribution in [2.45, 2.75) is 57.7 Å². The van der Waals surface area contributed by atoms with Crippen molar-refractivity contribution in [1.82, 2.24) is 5.32 Å². The summed E-state index contributed by atoms with van der Waals surface area (Å²) in [6.45, 7) is 4.77. The van der Waals surface area contributed by atoms with Crippen LogP contribution >= 0.6 is 0 Å². The van der Waals surface area contributed by atoms with Gasteiger partial charge in [0.25, 0.3) is 0 Å². The van der Waals surface area contributed by atoms with E-state index in [-0.39, 0.29) is 12.1 Å². The zero-order valence-electron chi connectivity index (χ0n) is 14.9. The van der Waals surface area contributed by atoms with Crippen molar-refractivity contribution in [3.8, 4) is 0 Å². The van der Waals surface area contributed by atoms with Crippen molar-refractivity contribution in [1.29, 1.82) is 0 Å². The Morgan fingerprint density at radius 3 is 1.92 bits per heavy atom. The van der Waals surface area contributed by atoms with Crippen molar-refractivity contribution in [3.05, 3.63) is 71.8 Å². The second kappa shape index (κ2) is 7.50. The molecule has 2 atom stereocenters. The maximum Gasteiger partial charge on any atom is 0.0518 e. The van der Waals surface area contributed by atoms with Crippen LogP contribution in [0.15, 0.2) is 60.7 Å². The SMILES string of the molecule is CC1(C)CCC(N[C@H](c2ccccc2)[C@H](N)c2ccccc2)CC1. The molecule has 1 saturated carbocycles. The number of hydrogen-bond donors (Lipinski definition) is 2. The maximum atomic E-state index is 6.68. The molecule has 0 bridgehead atoms. The van der Waals surface area contributed by atoms with Crippen LogP contribution < -0.4 is 11.1 Å². The van der Waals surface area contributed by atoms with Gasteiger partial charge in [0.2, 0.25) is 0 Å². The molecular formula is C22H30N2. The Labute approximate surface area is 146 Å². The first kappa shape index (κ1) is 17.2. The number of nitrogens with one attached hydrogen (secondary N) is 1. The van der Waals surface area contributed by atoms with Gasteiger partial charge >= 0.3 is 0 Å². The van der Waals surface area contributed by atoms with E-state index in [1.54, 1.807) is 0 Å². The van der Waals surface area contributed by atoms with Crippen LogP contribution in [0.3, 0.4) is 0 Å². The Balaban J connectivity index is 1.78. The predicted octanol–water partition coefficient (Wildman–Crippen LogP) is 4.99. The third-order valence-electron chi connectivity index (χ3n) is 5.46. The van der Waals surface area contributed by atoms with Gasteiger partial charge in [0.15, 0.2) is 0 Å². The summed E-state index contributed by atoms with van der Waals surface area (Å²) in [5, 5.41) is 3.88. The van der Waals surface area contributed by atoms with E-state index in [0.717, 1.165) is 0 Å². The molecule has 0 aromatic heterocycles. The summed E-state index contributed by atoms with van der Waals surface area (Å²) in [4.78, 5) is 0. The summed E-state index contributed by atoms with van der Waals surface area (Å²) in [5.41, 5.74) is 9.63. The molecule has 2 heteroatoms. The lowest BCUT2D eigenvalue weighted by atomic mass is 9.75. The summed E-state index contributed by atoms with van der Waals surface area (Å²) in [6.07, 6.45) is 5.04. The van der Waals surface area contributed by atoms with Crippen molar-refractivity contribution < 1.29 is 0 Å². The minimum absolute atomic E-state index is 0.0384. The van der Waals surface area contributed by atoms with E-state index < -0.39 is 0 Å². The Bertz CT molecular complexity index is 611. The van der Waals surface area contributed by atoms with Crippen molar-refractivity contribution in [2.75, 3.05) is 0 Å². The minimum Gasteiger partial charge on any atom is -0.322 e. The van der Waals surface area contributed by atoms with Gasteiger partial charge in [-0.2, -0.15) is 0 Å². The smallest absolute Gasteiger partial charge is 0.0518 e. The topological polar surface area (TPSA) is 38.0 Å². The van der Waals surface area contributed by atoms with Gasteiger partial charge in [0.1, 0.15) is 0 Å². The lowest BCUT2D eigenvalue weighted by molar-refractivity contribution is 0.193. The number of benzene rings is 2. The van der Waals surface area contributed by atoms with Gasteiger partial charge < -0.3 is 11.1 Å². The second-order valence-corrected chi connectivity index (χ2v) is 7.93. The van der Waals surface area contributed by atoms with Gasteiger partial charge in [-0.05, 0) is 42.2 Å². The molecule has 1 aliphatic rings. The predicted molar refractivity (Wildman–Crippen MR) is 102 cm³/mol. The summed E-state index contributed by atoms with van der Waals surface area (Å²) in [5.74, 6) is 0. The first-order valence-corrected chi connectivity index (χ1v) is 9.17. The highest BCUT2D eigenvalue weighted by atomic mass is 15.0. The molecule has 2 aromatic carbocycles.